The molecule has 0 unspecified atom stereocenters. The van der Waals surface area contributed by atoms with Crippen LogP contribution < -0.4 is 10.6 Å². The van der Waals surface area contributed by atoms with E-state index in [2.05, 4.69) is 25.7 Å². The van der Waals surface area contributed by atoms with E-state index in [9.17, 15) is 14.4 Å². The van der Waals surface area contributed by atoms with Gasteiger partial charge in [-0.1, -0.05) is 60.7 Å². The maximum atomic E-state index is 13.5. The largest absolute Gasteiger partial charge is 0.341 e. The van der Waals surface area contributed by atoms with Gasteiger partial charge in [-0.15, -0.1) is 11.3 Å². The fraction of sp³-hybridized carbons (Fsp3) is 0.0714. The Morgan fingerprint density at radius 3 is 2.37 bits per heavy atom. The number of aromatic nitrogens is 4. The standard InChI is InChI=1S/C28H22N6O3S/c35-24(27(37)32-28-30-15-17-38-28)23(18-19-8-3-1-4-9-19)31-26(36)21-12-7-14-29-25(21)34-16-13-22(33-34)20-10-5-2-6-11-20/h1-17,23H,18H2,(H,31,36)(H,30,32,37)/t23-/m0/s1. The van der Waals surface area contributed by atoms with E-state index in [1.165, 1.54) is 22.2 Å². The topological polar surface area (TPSA) is 119 Å². The number of amides is 2. The van der Waals surface area contributed by atoms with E-state index >= 15 is 0 Å². The van der Waals surface area contributed by atoms with Crippen LogP contribution in [-0.2, 0) is 16.0 Å². The van der Waals surface area contributed by atoms with Gasteiger partial charge in [-0.05, 0) is 23.8 Å². The molecule has 5 aromatic rings. The summed E-state index contributed by atoms with van der Waals surface area (Å²) in [6, 6.07) is 22.7. The number of nitrogens with zero attached hydrogens (tertiary/aromatic N) is 4. The Morgan fingerprint density at radius 1 is 0.868 bits per heavy atom. The minimum Gasteiger partial charge on any atom is -0.341 e. The van der Waals surface area contributed by atoms with Crippen LogP contribution in [0.4, 0.5) is 5.13 Å². The molecule has 3 heterocycles. The van der Waals surface area contributed by atoms with Crippen LogP contribution in [0.15, 0.2) is 103 Å². The Balaban J connectivity index is 1.40. The minimum atomic E-state index is -1.12. The fourth-order valence-electron chi connectivity index (χ4n) is 3.86. The van der Waals surface area contributed by atoms with Crippen LogP contribution in [0.2, 0.25) is 0 Å². The van der Waals surface area contributed by atoms with Crippen LogP contribution in [0.1, 0.15) is 15.9 Å². The molecule has 0 spiro atoms. The highest BCUT2D eigenvalue weighted by Crippen LogP contribution is 2.19. The van der Waals surface area contributed by atoms with Crippen molar-refractivity contribution in [1.29, 1.82) is 0 Å². The Hall–Kier alpha value is -4.96. The van der Waals surface area contributed by atoms with Gasteiger partial charge in [-0.25, -0.2) is 14.6 Å². The van der Waals surface area contributed by atoms with Crippen LogP contribution >= 0.6 is 11.3 Å². The molecule has 0 aliphatic rings. The molecule has 0 saturated carbocycles. The Kier molecular flexibility index (Phi) is 7.42. The summed E-state index contributed by atoms with van der Waals surface area (Å²) in [4.78, 5) is 47.7. The van der Waals surface area contributed by atoms with Crippen molar-refractivity contribution in [2.24, 2.45) is 0 Å². The lowest BCUT2D eigenvalue weighted by Crippen LogP contribution is -2.47. The molecule has 0 aliphatic carbocycles. The second-order valence-electron chi connectivity index (χ2n) is 8.26. The summed E-state index contributed by atoms with van der Waals surface area (Å²) < 4.78 is 1.51. The highest BCUT2D eigenvalue weighted by molar-refractivity contribution is 7.13. The van der Waals surface area contributed by atoms with Gasteiger partial charge < -0.3 is 5.32 Å². The van der Waals surface area contributed by atoms with Gasteiger partial charge in [0.25, 0.3) is 11.8 Å². The number of hydrogen-bond acceptors (Lipinski definition) is 7. The number of nitrogens with one attached hydrogen (secondary N) is 2. The number of pyridine rings is 1. The monoisotopic (exact) mass is 522 g/mol. The lowest BCUT2D eigenvalue weighted by atomic mass is 10.0. The zero-order valence-corrected chi connectivity index (χ0v) is 20.8. The molecule has 2 aromatic carbocycles. The quantitative estimate of drug-likeness (QED) is 0.283. The van der Waals surface area contributed by atoms with Gasteiger partial charge in [-0.2, -0.15) is 5.10 Å². The summed E-state index contributed by atoms with van der Waals surface area (Å²) in [5.74, 6) is -1.90. The number of benzene rings is 2. The number of carbonyl (C=O) groups is 3. The van der Waals surface area contributed by atoms with Crippen molar-refractivity contribution >= 4 is 34.1 Å². The SMILES string of the molecule is O=C(Nc1nccs1)C(=O)[C@H](Cc1ccccc1)NC(=O)c1cccnc1-n1ccc(-c2ccccc2)n1. The predicted molar refractivity (Wildman–Crippen MR) is 144 cm³/mol. The summed E-state index contributed by atoms with van der Waals surface area (Å²) in [6.45, 7) is 0. The smallest absolute Gasteiger partial charge is 0.295 e. The van der Waals surface area contributed by atoms with Gasteiger partial charge in [0.2, 0.25) is 5.78 Å². The summed E-state index contributed by atoms with van der Waals surface area (Å²) in [5, 5.41) is 11.8. The van der Waals surface area contributed by atoms with Crippen LogP contribution in [-0.4, -0.2) is 43.4 Å². The van der Waals surface area contributed by atoms with Crippen LogP contribution in [0, 0.1) is 0 Å². The average molecular weight is 523 g/mol. The first-order chi connectivity index (χ1) is 18.6. The average Bonchev–Trinajstić information content (AvgIpc) is 3.66. The molecule has 0 aliphatic heterocycles. The predicted octanol–water partition coefficient (Wildman–Crippen LogP) is 3.94. The Bertz CT molecular complexity index is 1550. The van der Waals surface area contributed by atoms with Gasteiger partial charge in [0.05, 0.1) is 11.3 Å². The molecule has 38 heavy (non-hydrogen) atoms. The molecule has 0 fully saturated rings. The molecule has 0 radical (unpaired) electrons. The Labute approximate surface area is 222 Å². The molecular formula is C28H22N6O3S. The number of anilines is 1. The molecule has 1 atom stereocenters. The molecule has 2 amide bonds. The Morgan fingerprint density at radius 2 is 1.63 bits per heavy atom. The first-order valence-corrected chi connectivity index (χ1v) is 12.6. The first-order valence-electron chi connectivity index (χ1n) is 11.7. The zero-order chi connectivity index (χ0) is 26.3. The summed E-state index contributed by atoms with van der Waals surface area (Å²) in [5.41, 5.74) is 2.65. The molecule has 9 nitrogen and oxygen atoms in total. The second-order valence-corrected chi connectivity index (χ2v) is 9.15. The van der Waals surface area contributed by atoms with Crippen LogP contribution in [0.3, 0.4) is 0 Å². The van der Waals surface area contributed by atoms with E-state index < -0.39 is 23.6 Å². The molecule has 3 aromatic heterocycles. The molecule has 10 heteroatoms. The van der Waals surface area contributed by atoms with Crippen molar-refractivity contribution in [3.8, 4) is 17.1 Å². The van der Waals surface area contributed by atoms with Gasteiger partial charge >= 0.3 is 0 Å². The van der Waals surface area contributed by atoms with E-state index in [0.717, 1.165) is 16.8 Å². The van der Waals surface area contributed by atoms with Crippen molar-refractivity contribution in [1.82, 2.24) is 25.1 Å². The van der Waals surface area contributed by atoms with Crippen LogP contribution in [0.25, 0.3) is 17.1 Å². The van der Waals surface area contributed by atoms with Crippen molar-refractivity contribution in [3.05, 3.63) is 114 Å². The molecule has 5 rings (SSSR count). The third kappa shape index (κ3) is 5.71. The van der Waals surface area contributed by atoms with E-state index in [1.54, 1.807) is 29.9 Å². The van der Waals surface area contributed by atoms with Crippen LogP contribution in [0.5, 0.6) is 0 Å². The zero-order valence-electron chi connectivity index (χ0n) is 20.0. The highest BCUT2D eigenvalue weighted by Gasteiger charge is 2.29. The summed E-state index contributed by atoms with van der Waals surface area (Å²) >= 11 is 1.19. The lowest BCUT2D eigenvalue weighted by molar-refractivity contribution is -0.135. The minimum absolute atomic E-state index is 0.131. The molecule has 2 N–H and O–H groups in total. The number of rotatable bonds is 9. The van der Waals surface area contributed by atoms with Gasteiger partial charge in [0.15, 0.2) is 10.9 Å². The highest BCUT2D eigenvalue weighted by atomic mass is 32.1. The third-order valence-corrected chi connectivity index (χ3v) is 6.38. The van der Waals surface area contributed by atoms with Crippen molar-refractivity contribution in [2.45, 2.75) is 12.5 Å². The van der Waals surface area contributed by atoms with E-state index in [4.69, 9.17) is 0 Å². The first kappa shape index (κ1) is 24.7. The van der Waals surface area contributed by atoms with Crippen molar-refractivity contribution in [2.75, 3.05) is 5.32 Å². The van der Waals surface area contributed by atoms with Gasteiger partial charge in [0.1, 0.15) is 6.04 Å². The van der Waals surface area contributed by atoms with Gasteiger partial charge in [-0.3, -0.25) is 19.7 Å². The molecule has 0 saturated heterocycles. The number of ketones is 1. The molecule has 188 valence electrons. The number of Topliss-reactive ketones (excluding diaryl/α,β-unsaturated/α-hetero) is 1. The summed E-state index contributed by atoms with van der Waals surface area (Å²) in [7, 11) is 0. The maximum Gasteiger partial charge on any atom is 0.295 e. The maximum absolute atomic E-state index is 13.5. The third-order valence-electron chi connectivity index (χ3n) is 5.69. The van der Waals surface area contributed by atoms with E-state index in [-0.39, 0.29) is 12.0 Å². The number of thiazole rings is 1. The second kappa shape index (κ2) is 11.4. The van der Waals surface area contributed by atoms with E-state index in [0.29, 0.717) is 10.9 Å². The fourth-order valence-corrected chi connectivity index (χ4v) is 4.38. The summed E-state index contributed by atoms with van der Waals surface area (Å²) in [6.07, 6.45) is 4.93. The normalized spacial score (nSPS) is 11.5. The van der Waals surface area contributed by atoms with E-state index in [1.807, 2.05) is 66.7 Å². The lowest BCUT2D eigenvalue weighted by Gasteiger charge is -2.18. The van der Waals surface area contributed by atoms with Gasteiger partial charge in [0, 0.05) is 36.0 Å². The molecular weight excluding hydrogens is 500 g/mol. The van der Waals surface area contributed by atoms with Crippen molar-refractivity contribution in [3.63, 3.8) is 0 Å². The molecule has 0 bridgehead atoms. The number of carbonyl (C=O) groups excluding carboxylic acids is 3. The number of hydrogen-bond donors (Lipinski definition) is 2. The van der Waals surface area contributed by atoms with Crippen molar-refractivity contribution < 1.29 is 14.4 Å².